The first kappa shape index (κ1) is 65.1. The topological polar surface area (TPSA) is 303 Å². The van der Waals surface area contributed by atoms with E-state index in [2.05, 4.69) is 53.3 Å². The van der Waals surface area contributed by atoms with Crippen LogP contribution in [-0.4, -0.2) is 108 Å². The van der Waals surface area contributed by atoms with Crippen LogP contribution in [0.5, 0.6) is 0 Å². The minimum atomic E-state index is -5.61. The van der Waals surface area contributed by atoms with Crippen molar-refractivity contribution < 1.29 is 90.6 Å². The summed E-state index contributed by atoms with van der Waals surface area (Å²) in [6, 6.07) is 0. The fraction of sp³-hybridized carbons (Fsp3) is 0.787. The summed E-state index contributed by atoms with van der Waals surface area (Å²) in [5.74, 6) is -1.36. The number of esters is 2. The van der Waals surface area contributed by atoms with Crippen molar-refractivity contribution in [2.45, 2.75) is 224 Å². The molecule has 0 radical (unpaired) electrons. The first-order valence-electron chi connectivity index (χ1n) is 24.9. The molecule has 402 valence electrons. The van der Waals surface area contributed by atoms with E-state index < -0.39 is 91.3 Å². The lowest BCUT2D eigenvalue weighted by Gasteiger charge is -2.44. The Morgan fingerprint density at radius 3 is 1.33 bits per heavy atom. The fourth-order valence-electron chi connectivity index (χ4n) is 7.40. The van der Waals surface area contributed by atoms with Crippen molar-refractivity contribution >= 4 is 35.4 Å². The van der Waals surface area contributed by atoms with Crippen molar-refractivity contribution in [1.29, 1.82) is 0 Å². The molecule has 0 spiro atoms. The number of unbranched alkanes of at least 4 members (excludes halogenated alkanes) is 18. The minimum absolute atomic E-state index is 0.0703. The van der Waals surface area contributed by atoms with Gasteiger partial charge in [-0.05, 0) is 51.4 Å². The molecule has 1 saturated carbocycles. The van der Waals surface area contributed by atoms with Gasteiger partial charge < -0.3 is 49.3 Å². The van der Waals surface area contributed by atoms with Gasteiger partial charge in [-0.2, -0.15) is 0 Å². The number of allylic oxidation sites excluding steroid dienone is 8. The van der Waals surface area contributed by atoms with E-state index in [0.29, 0.717) is 25.7 Å². The van der Waals surface area contributed by atoms with Crippen LogP contribution in [0.4, 0.5) is 0 Å². The Morgan fingerprint density at radius 1 is 0.464 bits per heavy atom. The van der Waals surface area contributed by atoms with E-state index in [1.54, 1.807) is 0 Å². The number of carbonyl (C=O) groups excluding carboxylic acids is 2. The average molecular weight is 1050 g/mol. The summed E-state index contributed by atoms with van der Waals surface area (Å²) in [6.45, 7) is 2.88. The number of hydrogen-bond acceptors (Lipinski definition) is 14. The van der Waals surface area contributed by atoms with E-state index in [1.165, 1.54) is 83.5 Å². The van der Waals surface area contributed by atoms with E-state index in [1.807, 2.05) is 18.2 Å². The van der Waals surface area contributed by atoms with Gasteiger partial charge in [-0.3, -0.25) is 27.7 Å². The van der Waals surface area contributed by atoms with Crippen LogP contribution in [-0.2, 0) is 50.9 Å². The largest absolute Gasteiger partial charge is 0.472 e. The maximum atomic E-state index is 13.1. The fourth-order valence-corrected chi connectivity index (χ4v) is 9.50. The lowest BCUT2D eigenvalue weighted by Crippen LogP contribution is -2.65. The highest BCUT2D eigenvalue weighted by molar-refractivity contribution is 7.47. The highest BCUT2D eigenvalue weighted by Crippen LogP contribution is 2.51. The number of ether oxygens (including phenoxy) is 2. The molecule has 22 heteroatoms. The summed E-state index contributed by atoms with van der Waals surface area (Å²) in [5, 5.41) is 31.9. The van der Waals surface area contributed by atoms with Gasteiger partial charge in [0.05, 0.1) is 6.61 Å². The van der Waals surface area contributed by atoms with Crippen LogP contribution in [0.1, 0.15) is 181 Å². The smallest absolute Gasteiger partial charge is 0.462 e. The summed E-state index contributed by atoms with van der Waals surface area (Å²) in [6.07, 6.45) is 25.6. The number of hydrogen-bond donors (Lipinski definition) is 8. The number of aliphatic hydroxyl groups excluding tert-OH is 3. The summed E-state index contributed by atoms with van der Waals surface area (Å²) >= 11 is 0. The van der Waals surface area contributed by atoms with E-state index in [4.69, 9.17) is 18.5 Å². The molecular weight excluding hydrogens is 961 g/mol. The van der Waals surface area contributed by atoms with Crippen molar-refractivity contribution in [3.8, 4) is 0 Å². The second kappa shape index (κ2) is 38.7. The van der Waals surface area contributed by atoms with Crippen LogP contribution in [0.3, 0.4) is 0 Å². The van der Waals surface area contributed by atoms with Crippen LogP contribution in [0.25, 0.3) is 0 Å². The van der Waals surface area contributed by atoms with Gasteiger partial charge in [0.25, 0.3) is 0 Å². The Bertz CT molecular complexity index is 1630. The third-order valence-corrected chi connectivity index (χ3v) is 13.2. The minimum Gasteiger partial charge on any atom is -0.462 e. The SMILES string of the molecule is CCCCCC=CCC=CCC=CCC=CCCCC(=O)OC(COC(=O)CCCCCCCCCCCCCCCCC)COP(=O)(O)OC1C(O)C(O)C(OP(=O)(O)O)C(OP(=O)(O)O)C1O. The molecule has 0 bridgehead atoms. The van der Waals surface area contributed by atoms with Crippen molar-refractivity contribution in [3.05, 3.63) is 48.6 Å². The third-order valence-electron chi connectivity index (χ3n) is 11.1. The molecule has 0 aliphatic heterocycles. The molecule has 0 heterocycles. The van der Waals surface area contributed by atoms with Crippen molar-refractivity contribution in [2.75, 3.05) is 13.2 Å². The maximum absolute atomic E-state index is 13.1. The maximum Gasteiger partial charge on any atom is 0.472 e. The first-order valence-corrected chi connectivity index (χ1v) is 29.5. The molecule has 8 N–H and O–H groups in total. The average Bonchev–Trinajstić information content (AvgIpc) is 3.28. The molecular formula is C47H85O19P3. The Kier molecular flexibility index (Phi) is 36.5. The third kappa shape index (κ3) is 35.0. The lowest BCUT2D eigenvalue weighted by molar-refractivity contribution is -0.213. The number of rotatable bonds is 42. The van der Waals surface area contributed by atoms with Crippen molar-refractivity contribution in [2.24, 2.45) is 0 Å². The zero-order valence-corrected chi connectivity index (χ0v) is 43.6. The molecule has 1 aliphatic carbocycles. The highest BCUT2D eigenvalue weighted by atomic mass is 31.2. The Balaban J connectivity index is 2.75. The summed E-state index contributed by atoms with van der Waals surface area (Å²) in [4.78, 5) is 73.3. The lowest BCUT2D eigenvalue weighted by atomic mass is 9.85. The second-order valence-corrected chi connectivity index (χ2v) is 21.2. The van der Waals surface area contributed by atoms with E-state index in [0.717, 1.165) is 44.9 Å². The normalized spacial score (nSPS) is 21.7. The predicted molar refractivity (Wildman–Crippen MR) is 261 cm³/mol. The molecule has 0 aromatic carbocycles. The number of aliphatic hydroxyl groups is 3. The predicted octanol–water partition coefficient (Wildman–Crippen LogP) is 9.40. The van der Waals surface area contributed by atoms with E-state index in [-0.39, 0.29) is 12.8 Å². The monoisotopic (exact) mass is 1050 g/mol. The van der Waals surface area contributed by atoms with Gasteiger partial charge in [0.2, 0.25) is 0 Å². The van der Waals surface area contributed by atoms with Crippen LogP contribution in [0.2, 0.25) is 0 Å². The molecule has 1 aliphatic rings. The number of carbonyl (C=O) groups is 2. The standard InChI is InChI=1S/C47H85O19P3/c1-3-5-7-9-11-13-15-17-19-20-22-24-26-28-30-32-34-36-41(49)63-39(37-61-40(48)35-33-31-29-27-25-23-21-18-16-14-12-10-8-6-4-2)38-62-69(59,60)66-45-42(50)43(51)46(64-67(53,54)55)47(44(45)52)65-68(56,57)58/h11,13,17,19,22,24,28,30,39,42-47,50-52H,3-10,12,14-16,18,20-21,23,25-27,29,31-38H2,1-2H3,(H,59,60)(H2,53,54,55)(H2,56,57,58). The molecule has 1 rings (SSSR count). The van der Waals surface area contributed by atoms with Crippen LogP contribution < -0.4 is 0 Å². The first-order chi connectivity index (χ1) is 32.8. The molecule has 19 nitrogen and oxygen atoms in total. The Hall–Kier alpha value is -1.89. The molecule has 8 atom stereocenters. The number of phosphoric acid groups is 3. The Morgan fingerprint density at radius 2 is 0.855 bits per heavy atom. The molecule has 0 saturated heterocycles. The van der Waals surface area contributed by atoms with E-state index >= 15 is 0 Å². The summed E-state index contributed by atoms with van der Waals surface area (Å²) < 4.78 is 65.5. The highest BCUT2D eigenvalue weighted by Gasteiger charge is 2.56. The van der Waals surface area contributed by atoms with Crippen LogP contribution >= 0.6 is 23.5 Å². The Labute approximate surface area is 410 Å². The van der Waals surface area contributed by atoms with Gasteiger partial charge in [0, 0.05) is 12.8 Å². The van der Waals surface area contributed by atoms with Crippen molar-refractivity contribution in [1.82, 2.24) is 0 Å². The van der Waals surface area contributed by atoms with E-state index in [9.17, 15) is 63.1 Å². The van der Waals surface area contributed by atoms with Crippen molar-refractivity contribution in [3.63, 3.8) is 0 Å². The summed E-state index contributed by atoms with van der Waals surface area (Å²) in [5.41, 5.74) is 0. The van der Waals surface area contributed by atoms with Gasteiger partial charge in [0.15, 0.2) is 6.10 Å². The van der Waals surface area contributed by atoms with Gasteiger partial charge in [-0.25, -0.2) is 13.7 Å². The quantitative estimate of drug-likeness (QED) is 0.0122. The molecule has 1 fully saturated rings. The molecule has 0 aromatic rings. The molecule has 69 heavy (non-hydrogen) atoms. The van der Waals surface area contributed by atoms with Gasteiger partial charge >= 0.3 is 35.4 Å². The zero-order valence-electron chi connectivity index (χ0n) is 40.9. The zero-order chi connectivity index (χ0) is 51.4. The van der Waals surface area contributed by atoms with Gasteiger partial charge in [0.1, 0.15) is 43.2 Å². The molecule has 0 amide bonds. The number of phosphoric ester groups is 3. The van der Waals surface area contributed by atoms with Crippen LogP contribution in [0.15, 0.2) is 48.6 Å². The molecule has 8 unspecified atom stereocenters. The second-order valence-electron chi connectivity index (χ2n) is 17.4. The van der Waals surface area contributed by atoms with Crippen LogP contribution in [0, 0.1) is 0 Å². The molecule has 0 aromatic heterocycles. The summed E-state index contributed by atoms with van der Waals surface area (Å²) in [7, 11) is -16.6. The van der Waals surface area contributed by atoms with Gasteiger partial charge in [-0.1, -0.05) is 165 Å². The van der Waals surface area contributed by atoms with Gasteiger partial charge in [-0.15, -0.1) is 0 Å².